The molecule has 2 heterocycles. The van der Waals surface area contributed by atoms with Crippen molar-refractivity contribution in [1.82, 2.24) is 15.2 Å². The van der Waals surface area contributed by atoms with Crippen LogP contribution < -0.4 is 16.4 Å². The molecule has 8 heteroatoms. The minimum Gasteiger partial charge on any atom is -0.369 e. The summed E-state index contributed by atoms with van der Waals surface area (Å²) < 4.78 is 0. The number of carbonyl (C=O) groups excluding carboxylic acids is 2. The van der Waals surface area contributed by atoms with Crippen molar-refractivity contribution in [2.24, 2.45) is 11.7 Å². The largest absolute Gasteiger partial charge is 0.369 e. The number of urea groups is 1. The number of rotatable bonds is 5. The van der Waals surface area contributed by atoms with E-state index < -0.39 is 0 Å². The van der Waals surface area contributed by atoms with E-state index in [0.717, 1.165) is 24.8 Å². The molecular weight excluding hydrogens is 354 g/mol. The molecule has 0 bridgehead atoms. The molecule has 138 valence electrons. The molecule has 1 aromatic carbocycles. The number of nitrogens with zero attached hydrogens (tertiary/aromatic N) is 2. The van der Waals surface area contributed by atoms with Crippen LogP contribution >= 0.6 is 11.6 Å². The van der Waals surface area contributed by atoms with Crippen molar-refractivity contribution in [3.63, 3.8) is 0 Å². The first kappa shape index (κ1) is 18.4. The van der Waals surface area contributed by atoms with Gasteiger partial charge in [-0.1, -0.05) is 11.6 Å². The third-order valence-electron chi connectivity index (χ3n) is 4.59. The number of nitrogens with two attached hydrogens (primary N) is 1. The number of likely N-dealkylation sites (tertiary alicyclic amines) is 1. The Labute approximate surface area is 156 Å². The van der Waals surface area contributed by atoms with Crippen LogP contribution in [0.25, 0.3) is 10.9 Å². The van der Waals surface area contributed by atoms with Gasteiger partial charge in [-0.3, -0.25) is 9.78 Å². The van der Waals surface area contributed by atoms with Crippen LogP contribution in [0.5, 0.6) is 0 Å². The number of fused-ring (bicyclic) bond motifs is 1. The predicted molar refractivity (Wildman–Crippen MR) is 102 cm³/mol. The Balaban J connectivity index is 1.52. The molecule has 7 nitrogen and oxygen atoms in total. The Kier molecular flexibility index (Phi) is 5.90. The number of anilines is 1. The fourth-order valence-corrected chi connectivity index (χ4v) is 3.45. The molecule has 4 N–H and O–H groups in total. The predicted octanol–water partition coefficient (Wildman–Crippen LogP) is 2.21. The van der Waals surface area contributed by atoms with Crippen LogP contribution in [0.2, 0.25) is 5.02 Å². The van der Waals surface area contributed by atoms with Crippen LogP contribution in [0.15, 0.2) is 30.5 Å². The molecule has 1 aliphatic rings. The Morgan fingerprint density at radius 1 is 1.35 bits per heavy atom. The second-order valence-corrected chi connectivity index (χ2v) is 6.82. The Hall–Kier alpha value is -2.38. The summed E-state index contributed by atoms with van der Waals surface area (Å²) in [5.74, 6) is -0.339. The quantitative estimate of drug-likeness (QED) is 0.745. The SMILES string of the molecule is NC(=O)[C@@H]1CCCN(CCNC(=O)Nc2ccc(Cl)c3ncccc23)C1. The van der Waals surface area contributed by atoms with Crippen LogP contribution in [0.3, 0.4) is 0 Å². The number of pyridine rings is 1. The lowest BCUT2D eigenvalue weighted by Crippen LogP contribution is -2.44. The second-order valence-electron chi connectivity index (χ2n) is 6.42. The summed E-state index contributed by atoms with van der Waals surface area (Å²) in [4.78, 5) is 29.9. The Morgan fingerprint density at radius 3 is 3.00 bits per heavy atom. The van der Waals surface area contributed by atoms with E-state index in [1.807, 2.05) is 6.07 Å². The van der Waals surface area contributed by atoms with Crippen molar-refractivity contribution in [2.45, 2.75) is 12.8 Å². The van der Waals surface area contributed by atoms with E-state index in [1.165, 1.54) is 0 Å². The fourth-order valence-electron chi connectivity index (χ4n) is 3.23. The average Bonchev–Trinajstić information content (AvgIpc) is 2.64. The molecule has 1 aromatic heterocycles. The molecule has 26 heavy (non-hydrogen) atoms. The third-order valence-corrected chi connectivity index (χ3v) is 4.90. The molecule has 1 fully saturated rings. The zero-order valence-corrected chi connectivity index (χ0v) is 15.1. The monoisotopic (exact) mass is 375 g/mol. The molecule has 3 rings (SSSR count). The summed E-state index contributed by atoms with van der Waals surface area (Å²) in [5.41, 5.74) is 6.69. The number of halogens is 1. The van der Waals surface area contributed by atoms with Crippen LogP contribution in [0.1, 0.15) is 12.8 Å². The van der Waals surface area contributed by atoms with Crippen molar-refractivity contribution in [1.29, 1.82) is 0 Å². The molecule has 1 atom stereocenters. The highest BCUT2D eigenvalue weighted by Crippen LogP contribution is 2.27. The van der Waals surface area contributed by atoms with Crippen molar-refractivity contribution in [3.05, 3.63) is 35.5 Å². The first-order valence-corrected chi connectivity index (χ1v) is 9.02. The van der Waals surface area contributed by atoms with Gasteiger partial charge in [0.05, 0.1) is 22.1 Å². The van der Waals surface area contributed by atoms with Crippen molar-refractivity contribution in [3.8, 4) is 0 Å². The number of nitrogens with one attached hydrogen (secondary N) is 2. The summed E-state index contributed by atoms with van der Waals surface area (Å²) in [6.45, 7) is 2.74. The normalized spacial score (nSPS) is 17.8. The summed E-state index contributed by atoms with van der Waals surface area (Å²) in [6.07, 6.45) is 3.46. The molecule has 1 aliphatic heterocycles. The zero-order chi connectivity index (χ0) is 18.5. The number of hydrogen-bond donors (Lipinski definition) is 3. The maximum Gasteiger partial charge on any atom is 0.319 e. The number of aromatic nitrogens is 1. The minimum absolute atomic E-state index is 0.0921. The molecule has 0 spiro atoms. The first-order chi connectivity index (χ1) is 12.5. The van der Waals surface area contributed by atoms with E-state index in [0.29, 0.717) is 35.9 Å². The molecule has 2 aromatic rings. The summed E-state index contributed by atoms with van der Waals surface area (Å²) >= 11 is 6.14. The van der Waals surface area contributed by atoms with Gasteiger partial charge >= 0.3 is 6.03 Å². The highest BCUT2D eigenvalue weighted by Gasteiger charge is 2.23. The zero-order valence-electron chi connectivity index (χ0n) is 14.4. The van der Waals surface area contributed by atoms with Gasteiger partial charge < -0.3 is 21.3 Å². The maximum atomic E-state index is 12.2. The standard InChI is InChI=1S/C18H22ClN5O2/c19-14-5-6-15(13-4-1-7-21-16(13)14)23-18(26)22-8-10-24-9-2-3-12(11-24)17(20)25/h1,4-7,12H,2-3,8-11H2,(H2,20,25)(H2,22,23,26)/t12-/m1/s1. The fraction of sp³-hybridized carbons (Fsp3) is 0.389. The van der Waals surface area contributed by atoms with Crippen LogP contribution in [-0.2, 0) is 4.79 Å². The molecular formula is C18H22ClN5O2. The lowest BCUT2D eigenvalue weighted by atomic mass is 9.97. The maximum absolute atomic E-state index is 12.2. The van der Waals surface area contributed by atoms with Crippen molar-refractivity contribution in [2.75, 3.05) is 31.5 Å². The number of hydrogen-bond acceptors (Lipinski definition) is 4. The average molecular weight is 376 g/mol. The van der Waals surface area contributed by atoms with E-state index >= 15 is 0 Å². The van der Waals surface area contributed by atoms with E-state index in [-0.39, 0.29) is 17.9 Å². The molecule has 0 saturated carbocycles. The van der Waals surface area contributed by atoms with Gasteiger partial charge in [0.25, 0.3) is 0 Å². The summed E-state index contributed by atoms with van der Waals surface area (Å²) in [6, 6.07) is 6.84. The van der Waals surface area contributed by atoms with E-state index in [4.69, 9.17) is 17.3 Å². The van der Waals surface area contributed by atoms with Gasteiger partial charge in [-0.05, 0) is 43.7 Å². The van der Waals surface area contributed by atoms with Gasteiger partial charge in [-0.15, -0.1) is 0 Å². The minimum atomic E-state index is -0.291. The smallest absolute Gasteiger partial charge is 0.319 e. The molecule has 3 amide bonds. The van der Waals surface area contributed by atoms with E-state index in [9.17, 15) is 9.59 Å². The van der Waals surface area contributed by atoms with Crippen LogP contribution in [0, 0.1) is 5.92 Å². The molecule has 0 unspecified atom stereocenters. The number of piperidine rings is 1. The first-order valence-electron chi connectivity index (χ1n) is 8.64. The topological polar surface area (TPSA) is 100 Å². The van der Waals surface area contributed by atoms with E-state index in [1.54, 1.807) is 24.4 Å². The number of amides is 3. The number of primary amides is 1. The summed E-state index contributed by atoms with van der Waals surface area (Å²) in [5, 5.41) is 7.01. The Morgan fingerprint density at radius 2 is 2.19 bits per heavy atom. The van der Waals surface area contributed by atoms with Gasteiger partial charge in [-0.2, -0.15) is 0 Å². The van der Waals surface area contributed by atoms with Gasteiger partial charge in [0.15, 0.2) is 0 Å². The van der Waals surface area contributed by atoms with Gasteiger partial charge in [-0.25, -0.2) is 4.79 Å². The highest BCUT2D eigenvalue weighted by molar-refractivity contribution is 6.35. The second kappa shape index (κ2) is 8.33. The molecule has 1 saturated heterocycles. The summed E-state index contributed by atoms with van der Waals surface area (Å²) in [7, 11) is 0. The van der Waals surface area contributed by atoms with Crippen LogP contribution in [0.4, 0.5) is 10.5 Å². The third kappa shape index (κ3) is 4.42. The Bertz CT molecular complexity index is 813. The number of carbonyl (C=O) groups is 2. The highest BCUT2D eigenvalue weighted by atomic mass is 35.5. The van der Waals surface area contributed by atoms with Gasteiger partial charge in [0.1, 0.15) is 0 Å². The molecule has 0 radical (unpaired) electrons. The lowest BCUT2D eigenvalue weighted by Gasteiger charge is -2.31. The van der Waals surface area contributed by atoms with Gasteiger partial charge in [0.2, 0.25) is 5.91 Å². The van der Waals surface area contributed by atoms with E-state index in [2.05, 4.69) is 20.5 Å². The van der Waals surface area contributed by atoms with Crippen LogP contribution in [-0.4, -0.2) is 48.0 Å². The molecule has 0 aliphatic carbocycles. The van der Waals surface area contributed by atoms with Crippen molar-refractivity contribution < 1.29 is 9.59 Å². The lowest BCUT2D eigenvalue weighted by molar-refractivity contribution is -0.123. The number of benzene rings is 1. The van der Waals surface area contributed by atoms with Gasteiger partial charge in [0, 0.05) is 31.2 Å². The van der Waals surface area contributed by atoms with Crippen molar-refractivity contribution >= 4 is 40.1 Å².